The molecule has 2 heterocycles. The molecule has 4 aromatic rings. The minimum absolute atomic E-state index is 0.375. The number of hydrogen-bond acceptors (Lipinski definition) is 6. The molecule has 0 bridgehead atoms. The Hall–Kier alpha value is -4.14. The highest BCUT2D eigenvalue weighted by Gasteiger charge is 2.11. The molecule has 0 aliphatic heterocycles. The molecule has 0 N–H and O–H groups in total. The average molecular weight is 507 g/mol. The Balaban J connectivity index is 1.05. The minimum atomic E-state index is 0.375. The van der Waals surface area contributed by atoms with Gasteiger partial charge < -0.3 is 9.47 Å². The fourth-order valence-corrected chi connectivity index (χ4v) is 4.89. The van der Waals surface area contributed by atoms with Crippen LogP contribution in [0.4, 0.5) is 0 Å². The fourth-order valence-electron chi connectivity index (χ4n) is 4.89. The number of ether oxygens (including phenoxy) is 2. The lowest BCUT2D eigenvalue weighted by molar-refractivity contribution is 0.102. The third-order valence-corrected chi connectivity index (χ3v) is 6.72. The van der Waals surface area contributed by atoms with E-state index in [1.54, 1.807) is 0 Å². The molecular weight excluding hydrogens is 476 g/mol. The summed E-state index contributed by atoms with van der Waals surface area (Å²) in [7, 11) is 0. The number of benzene rings is 2. The largest absolute Gasteiger partial charge is 0.370 e. The van der Waals surface area contributed by atoms with E-state index in [2.05, 4.69) is 106 Å². The zero-order valence-corrected chi connectivity index (χ0v) is 21.1. The lowest BCUT2D eigenvalue weighted by Gasteiger charge is -2.12. The Labute approximate surface area is 221 Å². The summed E-state index contributed by atoms with van der Waals surface area (Å²) in [6.07, 6.45) is 20.8. The lowest BCUT2D eigenvalue weighted by Crippen LogP contribution is -2.05. The zero-order chi connectivity index (χ0) is 25.6. The Bertz CT molecular complexity index is 1380. The summed E-state index contributed by atoms with van der Waals surface area (Å²) in [5, 5.41) is 19.4. The standard InChI is InChI=1S/C30H30N6O2/c1-2-8-23(7-1)15-35-17-28(31-33-35)21-37-19-26-13-5-11-25-12-6-14-27(30(25)26)20-38-22-29-18-36(34-32-29)16-24-9-3-4-10-24/h1-14,17-18,23-24H,15-16,19-22H2. The first-order valence-corrected chi connectivity index (χ1v) is 12.9. The van der Waals surface area contributed by atoms with Gasteiger partial charge in [-0.2, -0.15) is 0 Å². The van der Waals surface area contributed by atoms with Gasteiger partial charge in [-0.25, -0.2) is 0 Å². The van der Waals surface area contributed by atoms with Crippen LogP contribution in [0.5, 0.6) is 0 Å². The van der Waals surface area contributed by atoms with Crippen molar-refractivity contribution in [2.24, 2.45) is 11.8 Å². The van der Waals surface area contributed by atoms with Crippen LogP contribution in [0.25, 0.3) is 10.8 Å². The van der Waals surface area contributed by atoms with Crippen LogP contribution in [-0.2, 0) is 49.0 Å². The van der Waals surface area contributed by atoms with Crippen molar-refractivity contribution in [1.29, 1.82) is 0 Å². The van der Waals surface area contributed by atoms with Crippen molar-refractivity contribution in [3.63, 3.8) is 0 Å². The van der Waals surface area contributed by atoms with Crippen molar-refractivity contribution in [3.05, 3.63) is 120 Å². The molecule has 0 saturated carbocycles. The van der Waals surface area contributed by atoms with Crippen LogP contribution < -0.4 is 0 Å². The van der Waals surface area contributed by atoms with Crippen molar-refractivity contribution in [2.45, 2.75) is 39.5 Å². The minimum Gasteiger partial charge on any atom is -0.370 e. The third-order valence-electron chi connectivity index (χ3n) is 6.72. The van der Waals surface area contributed by atoms with Gasteiger partial charge in [0.2, 0.25) is 0 Å². The molecule has 0 saturated heterocycles. The normalized spacial score (nSPS) is 15.1. The topological polar surface area (TPSA) is 79.9 Å². The first-order chi connectivity index (χ1) is 18.8. The molecule has 192 valence electrons. The highest BCUT2D eigenvalue weighted by Crippen LogP contribution is 2.25. The van der Waals surface area contributed by atoms with Gasteiger partial charge in [0.05, 0.1) is 51.9 Å². The number of fused-ring (bicyclic) bond motifs is 1. The molecule has 2 aromatic carbocycles. The van der Waals surface area contributed by atoms with Crippen molar-refractivity contribution in [1.82, 2.24) is 30.0 Å². The van der Waals surface area contributed by atoms with Crippen molar-refractivity contribution >= 4 is 10.8 Å². The first-order valence-electron chi connectivity index (χ1n) is 12.9. The van der Waals surface area contributed by atoms with E-state index < -0.39 is 0 Å². The van der Waals surface area contributed by atoms with Crippen LogP contribution in [0, 0.1) is 11.8 Å². The molecule has 38 heavy (non-hydrogen) atoms. The SMILES string of the molecule is C1=CC(Cn2cc(COCc3cccc4cccc(COCc5cn(CC6C=CC=C6)nn5)c34)nn2)C=C1. The van der Waals surface area contributed by atoms with E-state index in [0.717, 1.165) is 35.6 Å². The summed E-state index contributed by atoms with van der Waals surface area (Å²) in [5.74, 6) is 0.751. The predicted octanol–water partition coefficient (Wildman–Crippen LogP) is 4.94. The van der Waals surface area contributed by atoms with Crippen molar-refractivity contribution in [2.75, 3.05) is 0 Å². The van der Waals surface area contributed by atoms with Gasteiger partial charge in [0.1, 0.15) is 11.4 Å². The van der Waals surface area contributed by atoms with Crippen LogP contribution in [0.3, 0.4) is 0 Å². The maximum Gasteiger partial charge on any atom is 0.108 e. The molecule has 0 amide bonds. The summed E-state index contributed by atoms with van der Waals surface area (Å²) in [6.45, 7) is 3.36. The molecule has 0 radical (unpaired) electrons. The van der Waals surface area contributed by atoms with Crippen LogP contribution in [0.1, 0.15) is 22.5 Å². The molecule has 2 aromatic heterocycles. The second-order valence-corrected chi connectivity index (χ2v) is 9.65. The Morgan fingerprint density at radius 3 is 1.55 bits per heavy atom. The van der Waals surface area contributed by atoms with Crippen LogP contribution in [-0.4, -0.2) is 30.0 Å². The maximum atomic E-state index is 6.07. The van der Waals surface area contributed by atoms with Crippen molar-refractivity contribution in [3.8, 4) is 0 Å². The van der Waals surface area contributed by atoms with Gasteiger partial charge in [-0.05, 0) is 21.9 Å². The second-order valence-electron chi connectivity index (χ2n) is 9.65. The van der Waals surface area contributed by atoms with Gasteiger partial charge >= 0.3 is 0 Å². The van der Waals surface area contributed by atoms with E-state index >= 15 is 0 Å². The van der Waals surface area contributed by atoms with Gasteiger partial charge in [0, 0.05) is 11.8 Å². The molecule has 8 nitrogen and oxygen atoms in total. The molecule has 0 spiro atoms. The number of aromatic nitrogens is 6. The summed E-state index contributed by atoms with van der Waals surface area (Å²) in [4.78, 5) is 0. The maximum absolute atomic E-state index is 6.07. The molecule has 6 rings (SSSR count). The Kier molecular flexibility index (Phi) is 7.33. The van der Waals surface area contributed by atoms with Crippen LogP contribution >= 0.6 is 0 Å². The monoisotopic (exact) mass is 506 g/mol. The van der Waals surface area contributed by atoms with E-state index in [0.29, 0.717) is 38.3 Å². The predicted molar refractivity (Wildman–Crippen MR) is 145 cm³/mol. The Morgan fingerprint density at radius 1 is 0.605 bits per heavy atom. The van der Waals surface area contributed by atoms with E-state index in [1.165, 1.54) is 10.8 Å². The average Bonchev–Trinajstić information content (AvgIpc) is 3.75. The summed E-state index contributed by atoms with van der Waals surface area (Å²) in [5.41, 5.74) is 3.90. The van der Waals surface area contributed by atoms with Crippen LogP contribution in [0.2, 0.25) is 0 Å². The second kappa shape index (κ2) is 11.5. The summed E-state index contributed by atoms with van der Waals surface area (Å²) < 4.78 is 15.9. The summed E-state index contributed by atoms with van der Waals surface area (Å²) in [6, 6.07) is 12.6. The van der Waals surface area contributed by atoms with Gasteiger partial charge in [-0.1, -0.05) is 95.4 Å². The van der Waals surface area contributed by atoms with Crippen LogP contribution in [0.15, 0.2) is 97.4 Å². The van der Waals surface area contributed by atoms with E-state index in [-0.39, 0.29) is 0 Å². The number of nitrogens with zero attached hydrogens (tertiary/aromatic N) is 6. The highest BCUT2D eigenvalue weighted by molar-refractivity contribution is 5.88. The molecule has 2 aliphatic rings. The number of hydrogen-bond donors (Lipinski definition) is 0. The first kappa shape index (κ1) is 24.2. The van der Waals surface area contributed by atoms with Gasteiger partial charge in [0.25, 0.3) is 0 Å². The molecule has 8 heteroatoms. The van der Waals surface area contributed by atoms with Crippen molar-refractivity contribution < 1.29 is 9.47 Å². The van der Waals surface area contributed by atoms with Gasteiger partial charge in [-0.15, -0.1) is 10.2 Å². The van der Waals surface area contributed by atoms with E-state index in [4.69, 9.17) is 9.47 Å². The van der Waals surface area contributed by atoms with Gasteiger partial charge in [-0.3, -0.25) is 9.36 Å². The molecule has 2 aliphatic carbocycles. The highest BCUT2D eigenvalue weighted by atomic mass is 16.5. The zero-order valence-electron chi connectivity index (χ0n) is 21.1. The molecular formula is C30H30N6O2. The molecule has 0 fully saturated rings. The number of rotatable bonds is 12. The lowest BCUT2D eigenvalue weighted by atomic mass is 10.00. The van der Waals surface area contributed by atoms with E-state index in [1.807, 2.05) is 21.8 Å². The molecule has 0 unspecified atom stereocenters. The molecule has 0 atom stereocenters. The quantitative estimate of drug-likeness (QED) is 0.271. The third kappa shape index (κ3) is 5.88. The van der Waals surface area contributed by atoms with Gasteiger partial charge in [0.15, 0.2) is 0 Å². The smallest absolute Gasteiger partial charge is 0.108 e. The van der Waals surface area contributed by atoms with E-state index in [9.17, 15) is 0 Å². The fraction of sp³-hybridized carbons (Fsp3) is 0.267. The summed E-state index contributed by atoms with van der Waals surface area (Å²) >= 11 is 0. The number of allylic oxidation sites excluding steroid dienone is 8. The Morgan fingerprint density at radius 2 is 1.08 bits per heavy atom.